The maximum atomic E-state index is 12.2. The summed E-state index contributed by atoms with van der Waals surface area (Å²) in [7, 11) is 0. The molecule has 0 aromatic carbocycles. The molecule has 2 amide bonds. The van der Waals surface area contributed by atoms with Crippen LogP contribution >= 0.6 is 0 Å². The summed E-state index contributed by atoms with van der Waals surface area (Å²) in [6.45, 7) is 11.5. The SMILES string of the molecule is CC(C)(C)OC(=O)N(CCOCCOCCN=[N+]=[N-])C(=O)OC(C)(C)C. The van der Waals surface area contributed by atoms with Crippen LogP contribution in [0.3, 0.4) is 0 Å². The standard InChI is InChI=1S/C16H30N4O6/c1-15(2,3)25-13(21)20(14(22)26-16(4,5)6)8-10-24-12-11-23-9-7-18-19-17/h7-12H2,1-6H3. The summed E-state index contributed by atoms with van der Waals surface area (Å²) < 4.78 is 21.0. The molecule has 10 nitrogen and oxygen atoms in total. The molecule has 0 atom stereocenters. The van der Waals surface area contributed by atoms with Gasteiger partial charge in [-0.05, 0) is 47.1 Å². The molecule has 10 heteroatoms. The van der Waals surface area contributed by atoms with Gasteiger partial charge in [-0.1, -0.05) is 5.11 Å². The number of azide groups is 1. The van der Waals surface area contributed by atoms with Gasteiger partial charge >= 0.3 is 12.2 Å². The van der Waals surface area contributed by atoms with E-state index in [1.165, 1.54) is 0 Å². The monoisotopic (exact) mass is 374 g/mol. The zero-order chi connectivity index (χ0) is 20.2. The first kappa shape index (κ1) is 24.0. The molecule has 0 heterocycles. The van der Waals surface area contributed by atoms with Gasteiger partial charge in [-0.2, -0.15) is 0 Å². The topological polar surface area (TPSA) is 123 Å². The smallest absolute Gasteiger partial charge is 0.419 e. The molecule has 0 N–H and O–H groups in total. The summed E-state index contributed by atoms with van der Waals surface area (Å²) in [6, 6.07) is 0. The first-order chi connectivity index (χ1) is 12.0. The lowest BCUT2D eigenvalue weighted by Gasteiger charge is -2.28. The molecule has 0 saturated heterocycles. The van der Waals surface area contributed by atoms with E-state index in [0.29, 0.717) is 13.2 Å². The normalized spacial score (nSPS) is 11.5. The number of hydrogen-bond acceptors (Lipinski definition) is 7. The second-order valence-corrected chi connectivity index (χ2v) is 7.29. The number of amides is 2. The molecule has 26 heavy (non-hydrogen) atoms. The summed E-state index contributed by atoms with van der Waals surface area (Å²) in [4.78, 5) is 28.0. The summed E-state index contributed by atoms with van der Waals surface area (Å²) in [5.41, 5.74) is 6.64. The fourth-order valence-electron chi connectivity index (χ4n) is 1.52. The van der Waals surface area contributed by atoms with E-state index < -0.39 is 23.4 Å². The van der Waals surface area contributed by atoms with Gasteiger partial charge in [-0.25, -0.2) is 14.5 Å². The zero-order valence-corrected chi connectivity index (χ0v) is 16.5. The van der Waals surface area contributed by atoms with E-state index in [-0.39, 0.29) is 26.3 Å². The minimum Gasteiger partial charge on any atom is -0.443 e. The van der Waals surface area contributed by atoms with E-state index in [1.807, 2.05) is 0 Å². The Morgan fingerprint density at radius 3 is 1.77 bits per heavy atom. The molecular weight excluding hydrogens is 344 g/mol. The van der Waals surface area contributed by atoms with Crippen LogP contribution in [0.25, 0.3) is 10.4 Å². The van der Waals surface area contributed by atoms with Crippen LogP contribution in [0.4, 0.5) is 9.59 Å². The molecule has 0 aliphatic heterocycles. The van der Waals surface area contributed by atoms with Crippen molar-refractivity contribution >= 4 is 12.2 Å². The summed E-state index contributed by atoms with van der Waals surface area (Å²) in [5.74, 6) is 0. The van der Waals surface area contributed by atoms with Crippen molar-refractivity contribution in [2.75, 3.05) is 39.5 Å². The molecule has 0 saturated carbocycles. The van der Waals surface area contributed by atoms with Crippen molar-refractivity contribution in [1.29, 1.82) is 0 Å². The third-order valence-electron chi connectivity index (χ3n) is 2.46. The third kappa shape index (κ3) is 13.3. The van der Waals surface area contributed by atoms with Gasteiger partial charge in [0.1, 0.15) is 11.2 Å². The van der Waals surface area contributed by atoms with Crippen molar-refractivity contribution in [2.45, 2.75) is 52.7 Å². The van der Waals surface area contributed by atoms with Crippen molar-refractivity contribution in [1.82, 2.24) is 4.90 Å². The van der Waals surface area contributed by atoms with E-state index in [0.717, 1.165) is 4.90 Å². The Labute approximate surface area is 154 Å². The molecule has 0 radical (unpaired) electrons. The van der Waals surface area contributed by atoms with Crippen molar-refractivity contribution < 1.29 is 28.5 Å². The van der Waals surface area contributed by atoms with Crippen LogP contribution in [0.15, 0.2) is 5.11 Å². The summed E-state index contributed by atoms with van der Waals surface area (Å²) >= 11 is 0. The quantitative estimate of drug-likeness (QED) is 0.263. The van der Waals surface area contributed by atoms with E-state index >= 15 is 0 Å². The second kappa shape index (κ2) is 11.6. The maximum absolute atomic E-state index is 12.2. The highest BCUT2D eigenvalue weighted by atomic mass is 16.6. The van der Waals surface area contributed by atoms with Gasteiger partial charge in [0.05, 0.1) is 33.0 Å². The van der Waals surface area contributed by atoms with E-state index in [4.69, 9.17) is 24.5 Å². The number of nitrogens with zero attached hydrogens (tertiary/aromatic N) is 4. The molecule has 150 valence electrons. The van der Waals surface area contributed by atoms with Gasteiger partial charge in [-0.15, -0.1) is 0 Å². The lowest BCUT2D eigenvalue weighted by molar-refractivity contribution is -0.00776. The highest BCUT2D eigenvalue weighted by molar-refractivity contribution is 5.88. The first-order valence-corrected chi connectivity index (χ1v) is 8.36. The first-order valence-electron chi connectivity index (χ1n) is 8.36. The number of hydrogen-bond donors (Lipinski definition) is 0. The van der Waals surface area contributed by atoms with Crippen molar-refractivity contribution in [3.05, 3.63) is 10.4 Å². The second-order valence-electron chi connectivity index (χ2n) is 7.29. The minimum absolute atomic E-state index is 0.0114. The van der Waals surface area contributed by atoms with Crippen LogP contribution in [-0.2, 0) is 18.9 Å². The number of carbonyl (C=O) groups excluding carboxylic acids is 2. The fraction of sp³-hybridized carbons (Fsp3) is 0.875. The molecule has 0 aromatic heterocycles. The molecule has 0 spiro atoms. The lowest BCUT2D eigenvalue weighted by Crippen LogP contribution is -2.45. The summed E-state index contributed by atoms with van der Waals surface area (Å²) in [5, 5.41) is 3.33. The molecular formula is C16H30N4O6. The van der Waals surface area contributed by atoms with E-state index in [9.17, 15) is 9.59 Å². The van der Waals surface area contributed by atoms with Crippen LogP contribution in [0.1, 0.15) is 41.5 Å². The Bertz CT molecular complexity index is 464. The molecule has 0 aromatic rings. The van der Waals surface area contributed by atoms with Crippen molar-refractivity contribution in [2.24, 2.45) is 5.11 Å². The number of rotatable bonds is 9. The number of carbonyl (C=O) groups is 2. The molecule has 0 bridgehead atoms. The highest BCUT2D eigenvalue weighted by Crippen LogP contribution is 2.14. The Morgan fingerprint density at radius 1 is 0.885 bits per heavy atom. The largest absolute Gasteiger partial charge is 0.443 e. The zero-order valence-electron chi connectivity index (χ0n) is 16.5. The van der Waals surface area contributed by atoms with Gasteiger partial charge in [0, 0.05) is 11.5 Å². The van der Waals surface area contributed by atoms with Gasteiger partial charge in [0.25, 0.3) is 0 Å². The Hall–Kier alpha value is -2.03. The maximum Gasteiger partial charge on any atom is 0.419 e. The molecule has 0 rings (SSSR count). The average Bonchev–Trinajstić information content (AvgIpc) is 2.45. The van der Waals surface area contributed by atoms with Gasteiger partial charge in [0.2, 0.25) is 0 Å². The Kier molecular flexibility index (Phi) is 10.7. The van der Waals surface area contributed by atoms with E-state index in [2.05, 4.69) is 10.0 Å². The van der Waals surface area contributed by atoms with Crippen LogP contribution < -0.4 is 0 Å². The Balaban J connectivity index is 4.42. The van der Waals surface area contributed by atoms with E-state index in [1.54, 1.807) is 41.5 Å². The van der Waals surface area contributed by atoms with Crippen LogP contribution in [0, 0.1) is 0 Å². The van der Waals surface area contributed by atoms with Crippen LogP contribution in [-0.4, -0.2) is 67.8 Å². The number of imide groups is 1. The average molecular weight is 374 g/mol. The van der Waals surface area contributed by atoms with Gasteiger partial charge < -0.3 is 18.9 Å². The van der Waals surface area contributed by atoms with Gasteiger partial charge in [-0.3, -0.25) is 0 Å². The lowest BCUT2D eigenvalue weighted by atomic mass is 10.2. The summed E-state index contributed by atoms with van der Waals surface area (Å²) in [6.07, 6.45) is -1.58. The van der Waals surface area contributed by atoms with Crippen molar-refractivity contribution in [3.63, 3.8) is 0 Å². The highest BCUT2D eigenvalue weighted by Gasteiger charge is 2.30. The predicted molar refractivity (Wildman–Crippen MR) is 94.8 cm³/mol. The van der Waals surface area contributed by atoms with Gasteiger partial charge in [0.15, 0.2) is 0 Å². The predicted octanol–water partition coefficient (Wildman–Crippen LogP) is 3.50. The van der Waals surface area contributed by atoms with Crippen molar-refractivity contribution in [3.8, 4) is 0 Å². The Morgan fingerprint density at radius 2 is 1.35 bits per heavy atom. The van der Waals surface area contributed by atoms with Crippen LogP contribution in [0.2, 0.25) is 0 Å². The van der Waals surface area contributed by atoms with Crippen LogP contribution in [0.5, 0.6) is 0 Å². The molecule has 0 fully saturated rings. The minimum atomic E-state index is -0.791. The molecule has 0 unspecified atom stereocenters. The fourth-order valence-corrected chi connectivity index (χ4v) is 1.52. The number of ether oxygens (including phenoxy) is 4. The molecule has 0 aliphatic carbocycles. The third-order valence-corrected chi connectivity index (χ3v) is 2.46. The molecule has 0 aliphatic rings.